The molecule has 0 aromatic carbocycles. The minimum atomic E-state index is -0.223. The lowest BCUT2D eigenvalue weighted by atomic mass is 10.3. The summed E-state index contributed by atoms with van der Waals surface area (Å²) in [5, 5.41) is 3.03. The summed E-state index contributed by atoms with van der Waals surface area (Å²) in [6.45, 7) is 2.53. The minimum Gasteiger partial charge on any atom is -0.366 e. The van der Waals surface area contributed by atoms with Crippen molar-refractivity contribution in [1.29, 1.82) is 0 Å². The Morgan fingerprint density at radius 1 is 1.71 bits per heavy atom. The van der Waals surface area contributed by atoms with Gasteiger partial charge in [-0.25, -0.2) is 5.84 Å². The molecule has 78 valence electrons. The largest absolute Gasteiger partial charge is 0.366 e. The van der Waals surface area contributed by atoms with E-state index in [0.717, 1.165) is 9.89 Å². The average molecular weight is 214 g/mol. The number of hydrogen-bond acceptors (Lipinski definition) is 4. The molecule has 0 radical (unpaired) electrons. The van der Waals surface area contributed by atoms with Gasteiger partial charge in [0.05, 0.1) is 6.61 Å². The lowest BCUT2D eigenvalue weighted by Crippen LogP contribution is -2.35. The van der Waals surface area contributed by atoms with Crippen molar-refractivity contribution in [3.63, 3.8) is 0 Å². The highest BCUT2D eigenvalue weighted by atomic mass is 32.1. The van der Waals surface area contributed by atoms with Crippen LogP contribution in [0.2, 0.25) is 0 Å². The van der Waals surface area contributed by atoms with Crippen LogP contribution in [0.3, 0.4) is 0 Å². The number of thiophene rings is 1. The van der Waals surface area contributed by atoms with Crippen LogP contribution in [0.15, 0.2) is 11.4 Å². The molecule has 0 saturated carbocycles. The van der Waals surface area contributed by atoms with E-state index in [2.05, 4.69) is 0 Å². The van der Waals surface area contributed by atoms with Crippen molar-refractivity contribution in [3.05, 3.63) is 21.9 Å². The van der Waals surface area contributed by atoms with Gasteiger partial charge in [0.2, 0.25) is 0 Å². The van der Waals surface area contributed by atoms with Crippen LogP contribution in [0.1, 0.15) is 10.4 Å². The number of carbonyl (C=O) groups is 1. The first kappa shape index (κ1) is 11.2. The maximum Gasteiger partial charge on any atom is 0.262 e. The number of hydrazine groups is 1. The van der Waals surface area contributed by atoms with E-state index in [0.29, 0.717) is 6.61 Å². The first-order chi connectivity index (χ1) is 6.61. The number of ether oxygens (including phenoxy) is 1. The molecule has 0 atom stereocenters. The number of nitrogens with two attached hydrogens (primary N) is 1. The molecule has 2 N–H and O–H groups in total. The molecule has 1 aromatic heterocycles. The van der Waals surface area contributed by atoms with E-state index in [1.807, 2.05) is 18.4 Å². The Bertz CT molecular complexity index is 310. The number of likely N-dealkylation sites (N-methyl/N-ethyl adjacent to an activating group) is 1. The number of rotatable bonds is 4. The molecule has 0 saturated heterocycles. The fourth-order valence-electron chi connectivity index (χ4n) is 0.885. The van der Waals surface area contributed by atoms with Crippen molar-refractivity contribution in [2.45, 2.75) is 13.5 Å². The average Bonchev–Trinajstić information content (AvgIpc) is 2.51. The SMILES string of the molecule is Cc1ccsc1COCC(=O)N(C)N. The highest BCUT2D eigenvalue weighted by Gasteiger charge is 2.05. The molecule has 0 unspecified atom stereocenters. The van der Waals surface area contributed by atoms with Crippen molar-refractivity contribution >= 4 is 17.2 Å². The van der Waals surface area contributed by atoms with E-state index < -0.39 is 0 Å². The van der Waals surface area contributed by atoms with Crippen molar-refractivity contribution in [3.8, 4) is 0 Å². The van der Waals surface area contributed by atoms with E-state index in [4.69, 9.17) is 10.6 Å². The Hall–Kier alpha value is -0.910. The van der Waals surface area contributed by atoms with E-state index in [1.165, 1.54) is 12.6 Å². The van der Waals surface area contributed by atoms with Gasteiger partial charge in [-0.15, -0.1) is 11.3 Å². The maximum absolute atomic E-state index is 11.0. The minimum absolute atomic E-state index is 0.0321. The first-order valence-corrected chi connectivity index (χ1v) is 5.11. The number of nitrogens with zero attached hydrogens (tertiary/aromatic N) is 1. The lowest BCUT2D eigenvalue weighted by Gasteiger charge is -2.09. The molecule has 0 bridgehead atoms. The molecule has 1 amide bonds. The molecule has 0 fully saturated rings. The second-order valence-electron chi connectivity index (χ2n) is 3.02. The summed E-state index contributed by atoms with van der Waals surface area (Å²) in [5.41, 5.74) is 1.20. The summed E-state index contributed by atoms with van der Waals surface area (Å²) in [4.78, 5) is 12.2. The monoisotopic (exact) mass is 214 g/mol. The van der Waals surface area contributed by atoms with Crippen molar-refractivity contribution in [2.24, 2.45) is 5.84 Å². The summed E-state index contributed by atoms with van der Waals surface area (Å²) in [7, 11) is 1.50. The van der Waals surface area contributed by atoms with Gasteiger partial charge in [0.25, 0.3) is 5.91 Å². The number of hydrogen-bond donors (Lipinski definition) is 1. The van der Waals surface area contributed by atoms with Crippen LogP contribution in [0, 0.1) is 6.92 Å². The smallest absolute Gasteiger partial charge is 0.262 e. The second-order valence-corrected chi connectivity index (χ2v) is 4.02. The Balaban J connectivity index is 2.29. The molecular formula is C9H14N2O2S. The number of aryl methyl sites for hydroxylation is 1. The third-order valence-corrected chi connectivity index (χ3v) is 2.82. The maximum atomic E-state index is 11.0. The van der Waals surface area contributed by atoms with Crippen molar-refractivity contribution < 1.29 is 9.53 Å². The lowest BCUT2D eigenvalue weighted by molar-refractivity contribution is -0.135. The van der Waals surface area contributed by atoms with Crippen LogP contribution < -0.4 is 5.84 Å². The van der Waals surface area contributed by atoms with Gasteiger partial charge in [0.1, 0.15) is 6.61 Å². The normalized spacial score (nSPS) is 10.2. The zero-order chi connectivity index (χ0) is 10.6. The topological polar surface area (TPSA) is 55.6 Å². The number of carbonyl (C=O) groups excluding carboxylic acids is 1. The highest BCUT2D eigenvalue weighted by Crippen LogP contribution is 2.16. The molecule has 1 rings (SSSR count). The molecule has 0 aliphatic heterocycles. The molecule has 1 aromatic rings. The van der Waals surface area contributed by atoms with Crippen LogP contribution in [0.5, 0.6) is 0 Å². The summed E-state index contributed by atoms with van der Waals surface area (Å²) < 4.78 is 5.22. The highest BCUT2D eigenvalue weighted by molar-refractivity contribution is 7.10. The van der Waals surface area contributed by atoms with E-state index in [9.17, 15) is 4.79 Å². The van der Waals surface area contributed by atoms with E-state index in [1.54, 1.807) is 11.3 Å². The third kappa shape index (κ3) is 3.10. The zero-order valence-electron chi connectivity index (χ0n) is 8.32. The molecular weight excluding hydrogens is 200 g/mol. The summed E-state index contributed by atoms with van der Waals surface area (Å²) in [6.07, 6.45) is 0. The van der Waals surface area contributed by atoms with Crippen LogP contribution in [0.4, 0.5) is 0 Å². The third-order valence-electron chi connectivity index (χ3n) is 1.82. The predicted molar refractivity (Wildman–Crippen MR) is 55.7 cm³/mol. The van der Waals surface area contributed by atoms with Crippen LogP contribution in [-0.2, 0) is 16.1 Å². The van der Waals surface area contributed by atoms with Gasteiger partial charge < -0.3 is 4.74 Å². The summed E-state index contributed by atoms with van der Waals surface area (Å²) in [5.74, 6) is 5.01. The Kier molecular flexibility index (Phi) is 4.06. The Labute approximate surface area is 87.2 Å². The van der Waals surface area contributed by atoms with Crippen molar-refractivity contribution in [2.75, 3.05) is 13.7 Å². The molecule has 14 heavy (non-hydrogen) atoms. The molecule has 4 nitrogen and oxygen atoms in total. The van der Waals surface area contributed by atoms with Gasteiger partial charge in [0.15, 0.2) is 0 Å². The van der Waals surface area contributed by atoms with Gasteiger partial charge in [0, 0.05) is 11.9 Å². The van der Waals surface area contributed by atoms with E-state index in [-0.39, 0.29) is 12.5 Å². The standard InChI is InChI=1S/C9H14N2O2S/c1-7-3-4-14-8(7)5-13-6-9(12)11(2)10/h3-4H,5-6,10H2,1-2H3. The second kappa shape index (κ2) is 5.09. The van der Waals surface area contributed by atoms with Gasteiger partial charge in [-0.2, -0.15) is 0 Å². The molecule has 0 spiro atoms. The Morgan fingerprint density at radius 3 is 2.93 bits per heavy atom. The van der Waals surface area contributed by atoms with E-state index >= 15 is 0 Å². The zero-order valence-corrected chi connectivity index (χ0v) is 9.13. The van der Waals surface area contributed by atoms with Gasteiger partial charge in [-0.05, 0) is 23.9 Å². The Morgan fingerprint density at radius 2 is 2.43 bits per heavy atom. The fraction of sp³-hybridized carbons (Fsp3) is 0.444. The fourth-order valence-corrected chi connectivity index (χ4v) is 1.73. The first-order valence-electron chi connectivity index (χ1n) is 4.23. The van der Waals surface area contributed by atoms with Crippen molar-refractivity contribution in [1.82, 2.24) is 5.01 Å². The molecule has 1 heterocycles. The van der Waals surface area contributed by atoms with Gasteiger partial charge >= 0.3 is 0 Å². The van der Waals surface area contributed by atoms with Crippen LogP contribution in [-0.4, -0.2) is 24.6 Å². The summed E-state index contributed by atoms with van der Waals surface area (Å²) in [6, 6.07) is 2.03. The predicted octanol–water partition coefficient (Wildman–Crippen LogP) is 0.905. The van der Waals surface area contributed by atoms with Crippen LogP contribution in [0.25, 0.3) is 0 Å². The van der Waals surface area contributed by atoms with Gasteiger partial charge in [-0.1, -0.05) is 0 Å². The molecule has 0 aliphatic carbocycles. The molecule has 0 aliphatic rings. The summed E-state index contributed by atoms with van der Waals surface area (Å²) >= 11 is 1.63. The number of amides is 1. The van der Waals surface area contributed by atoms with Crippen LogP contribution >= 0.6 is 11.3 Å². The van der Waals surface area contributed by atoms with Gasteiger partial charge in [-0.3, -0.25) is 9.80 Å². The quantitative estimate of drug-likeness (QED) is 0.460. The molecule has 5 heteroatoms.